The van der Waals surface area contributed by atoms with E-state index in [4.69, 9.17) is 16.0 Å². The van der Waals surface area contributed by atoms with Gasteiger partial charge in [0, 0.05) is 21.0 Å². The first-order valence-electron chi connectivity index (χ1n) is 6.70. The predicted molar refractivity (Wildman–Crippen MR) is 90.9 cm³/mol. The molecule has 0 fully saturated rings. The van der Waals surface area contributed by atoms with Crippen LogP contribution in [0.5, 0.6) is 0 Å². The van der Waals surface area contributed by atoms with Gasteiger partial charge in [0.05, 0.1) is 0 Å². The van der Waals surface area contributed by atoms with Crippen LogP contribution in [0.3, 0.4) is 0 Å². The van der Waals surface area contributed by atoms with Crippen LogP contribution >= 0.6 is 23.4 Å². The van der Waals surface area contributed by atoms with Crippen molar-refractivity contribution >= 4 is 35.3 Å². The molecule has 0 bridgehead atoms. The molecule has 0 aliphatic carbocycles. The zero-order chi connectivity index (χ0) is 16.2. The summed E-state index contributed by atoms with van der Waals surface area (Å²) in [6.07, 6.45) is 1.95. The van der Waals surface area contributed by atoms with Crippen molar-refractivity contribution in [2.75, 3.05) is 11.6 Å². The Bertz CT molecular complexity index is 851. The minimum atomic E-state index is -0.304. The number of rotatable bonds is 4. The minimum Gasteiger partial charge on any atom is -0.403 e. The summed E-state index contributed by atoms with van der Waals surface area (Å²) in [7, 11) is 0. The van der Waals surface area contributed by atoms with Crippen molar-refractivity contribution in [2.45, 2.75) is 4.90 Å². The molecule has 0 saturated carbocycles. The number of amides is 1. The monoisotopic (exact) mass is 345 g/mol. The lowest BCUT2D eigenvalue weighted by molar-refractivity contribution is 0.102. The molecule has 0 atom stereocenters. The van der Waals surface area contributed by atoms with Crippen molar-refractivity contribution in [2.24, 2.45) is 0 Å². The second-order valence-corrected chi connectivity index (χ2v) is 5.92. The molecule has 3 aromatic rings. The van der Waals surface area contributed by atoms with Crippen LogP contribution in [-0.2, 0) is 0 Å². The van der Waals surface area contributed by atoms with E-state index in [1.54, 1.807) is 48.2 Å². The highest BCUT2D eigenvalue weighted by Gasteiger charge is 2.13. The molecule has 1 heterocycles. The van der Waals surface area contributed by atoms with E-state index in [0.717, 1.165) is 4.90 Å². The molecular weight excluding hydrogens is 334 g/mol. The summed E-state index contributed by atoms with van der Waals surface area (Å²) in [6.45, 7) is 0. The Kier molecular flexibility index (Phi) is 4.64. The number of nitrogens with zero attached hydrogens (tertiary/aromatic N) is 2. The number of carbonyl (C=O) groups excluding carboxylic acids is 1. The summed E-state index contributed by atoms with van der Waals surface area (Å²) >= 11 is 7.50. The lowest BCUT2D eigenvalue weighted by atomic mass is 10.2. The van der Waals surface area contributed by atoms with Crippen molar-refractivity contribution in [3.05, 3.63) is 59.1 Å². The fourth-order valence-electron chi connectivity index (χ4n) is 1.95. The van der Waals surface area contributed by atoms with E-state index in [1.807, 2.05) is 18.4 Å². The first kappa shape index (κ1) is 15.6. The topological polar surface area (TPSA) is 68.0 Å². The third-order valence-electron chi connectivity index (χ3n) is 3.05. The van der Waals surface area contributed by atoms with Gasteiger partial charge in [0.15, 0.2) is 0 Å². The highest BCUT2D eigenvalue weighted by Crippen LogP contribution is 2.23. The molecule has 1 N–H and O–H groups in total. The van der Waals surface area contributed by atoms with Crippen LogP contribution in [0.2, 0.25) is 5.02 Å². The number of hydrogen-bond acceptors (Lipinski definition) is 5. The summed E-state index contributed by atoms with van der Waals surface area (Å²) in [5.41, 5.74) is 1.22. The SMILES string of the molecule is CSc1cccc(C(=O)Nc2nnc(-c3cccc(Cl)c3)o2)c1. The van der Waals surface area contributed by atoms with Crippen molar-refractivity contribution in [3.8, 4) is 11.5 Å². The molecule has 0 aliphatic heterocycles. The third kappa shape index (κ3) is 3.72. The number of aromatic nitrogens is 2. The van der Waals surface area contributed by atoms with E-state index in [0.29, 0.717) is 22.0 Å². The standard InChI is InChI=1S/C16H12ClN3O2S/c1-23-13-7-3-4-10(9-13)14(21)18-16-20-19-15(22-16)11-5-2-6-12(17)8-11/h2-9H,1H3,(H,18,20,21). The maximum atomic E-state index is 12.2. The van der Waals surface area contributed by atoms with Gasteiger partial charge in [0.1, 0.15) is 0 Å². The number of benzene rings is 2. The smallest absolute Gasteiger partial charge is 0.322 e. The third-order valence-corrected chi connectivity index (χ3v) is 4.01. The molecule has 0 aliphatic rings. The van der Waals surface area contributed by atoms with Gasteiger partial charge in [-0.05, 0) is 42.7 Å². The molecule has 0 spiro atoms. The summed E-state index contributed by atoms with van der Waals surface area (Å²) < 4.78 is 5.46. The highest BCUT2D eigenvalue weighted by molar-refractivity contribution is 7.98. The molecule has 0 unspecified atom stereocenters. The molecule has 1 amide bonds. The normalized spacial score (nSPS) is 10.5. The van der Waals surface area contributed by atoms with Crippen molar-refractivity contribution < 1.29 is 9.21 Å². The van der Waals surface area contributed by atoms with Gasteiger partial charge in [0.2, 0.25) is 5.89 Å². The van der Waals surface area contributed by atoms with E-state index < -0.39 is 0 Å². The molecule has 7 heteroatoms. The van der Waals surface area contributed by atoms with E-state index >= 15 is 0 Å². The number of thioether (sulfide) groups is 1. The van der Waals surface area contributed by atoms with Gasteiger partial charge < -0.3 is 4.42 Å². The van der Waals surface area contributed by atoms with Gasteiger partial charge in [-0.15, -0.1) is 16.9 Å². The van der Waals surface area contributed by atoms with Crippen molar-refractivity contribution in [3.63, 3.8) is 0 Å². The molecule has 0 saturated heterocycles. The van der Waals surface area contributed by atoms with Crippen LogP contribution in [0.25, 0.3) is 11.5 Å². The summed E-state index contributed by atoms with van der Waals surface area (Å²) in [5.74, 6) is -0.0112. The van der Waals surface area contributed by atoms with Gasteiger partial charge in [0.25, 0.3) is 5.91 Å². The lowest BCUT2D eigenvalue weighted by Crippen LogP contribution is -2.12. The molecule has 2 aromatic carbocycles. The average molecular weight is 346 g/mol. The minimum absolute atomic E-state index is 0.0412. The molecule has 116 valence electrons. The Hall–Kier alpha value is -2.31. The van der Waals surface area contributed by atoms with E-state index in [-0.39, 0.29) is 11.9 Å². The fraction of sp³-hybridized carbons (Fsp3) is 0.0625. The van der Waals surface area contributed by atoms with Crippen molar-refractivity contribution in [1.29, 1.82) is 0 Å². The summed E-state index contributed by atoms with van der Waals surface area (Å²) in [4.78, 5) is 13.2. The number of anilines is 1. The number of hydrogen-bond donors (Lipinski definition) is 1. The van der Waals surface area contributed by atoms with Gasteiger partial charge in [-0.2, -0.15) is 0 Å². The van der Waals surface area contributed by atoms with Gasteiger partial charge in [-0.3, -0.25) is 10.1 Å². The van der Waals surface area contributed by atoms with E-state index in [1.165, 1.54) is 0 Å². The van der Waals surface area contributed by atoms with Crippen molar-refractivity contribution in [1.82, 2.24) is 10.2 Å². The maximum Gasteiger partial charge on any atom is 0.322 e. The van der Waals surface area contributed by atoms with Crippen LogP contribution in [0, 0.1) is 0 Å². The number of halogens is 1. The second kappa shape index (κ2) is 6.85. The maximum absolute atomic E-state index is 12.2. The Labute approximate surface area is 142 Å². The van der Waals surface area contributed by atoms with Gasteiger partial charge in [-0.1, -0.05) is 28.8 Å². The molecule has 0 radical (unpaired) electrons. The molecule has 1 aromatic heterocycles. The first-order chi connectivity index (χ1) is 11.2. The van der Waals surface area contributed by atoms with Crippen LogP contribution in [0.4, 0.5) is 6.01 Å². The number of nitrogens with one attached hydrogen (secondary N) is 1. The molecule has 5 nitrogen and oxygen atoms in total. The average Bonchev–Trinajstić information content (AvgIpc) is 3.03. The Morgan fingerprint density at radius 1 is 1.17 bits per heavy atom. The zero-order valence-corrected chi connectivity index (χ0v) is 13.7. The fourth-order valence-corrected chi connectivity index (χ4v) is 2.60. The van der Waals surface area contributed by atoms with E-state index in [9.17, 15) is 4.79 Å². The molecule has 23 heavy (non-hydrogen) atoms. The van der Waals surface area contributed by atoms with Gasteiger partial charge in [-0.25, -0.2) is 0 Å². The van der Waals surface area contributed by atoms with Crippen LogP contribution < -0.4 is 5.32 Å². The van der Waals surface area contributed by atoms with Gasteiger partial charge >= 0.3 is 6.01 Å². The Balaban J connectivity index is 1.77. The highest BCUT2D eigenvalue weighted by atomic mass is 35.5. The van der Waals surface area contributed by atoms with Crippen LogP contribution in [-0.4, -0.2) is 22.4 Å². The molecular formula is C16H12ClN3O2S. The zero-order valence-electron chi connectivity index (χ0n) is 12.1. The molecule has 3 rings (SSSR count). The predicted octanol–water partition coefficient (Wildman–Crippen LogP) is 4.36. The summed E-state index contributed by atoms with van der Waals surface area (Å²) in [5, 5.41) is 10.9. The summed E-state index contributed by atoms with van der Waals surface area (Å²) in [6, 6.07) is 14.4. The van der Waals surface area contributed by atoms with E-state index in [2.05, 4.69) is 15.5 Å². The second-order valence-electron chi connectivity index (χ2n) is 4.61. The van der Waals surface area contributed by atoms with Crippen LogP contribution in [0.1, 0.15) is 10.4 Å². The largest absolute Gasteiger partial charge is 0.403 e. The Morgan fingerprint density at radius 3 is 2.78 bits per heavy atom. The quantitative estimate of drug-likeness (QED) is 0.711. The lowest BCUT2D eigenvalue weighted by Gasteiger charge is -2.02. The number of carbonyl (C=O) groups is 1. The first-order valence-corrected chi connectivity index (χ1v) is 8.31. The van der Waals surface area contributed by atoms with Crippen LogP contribution in [0.15, 0.2) is 57.8 Å². The Morgan fingerprint density at radius 2 is 2.00 bits per heavy atom.